The molecule has 4 heteroatoms. The minimum Gasteiger partial charge on any atom is -0.772 e. The van der Waals surface area contributed by atoms with Crippen molar-refractivity contribution in [2.75, 3.05) is 0 Å². The van der Waals surface area contributed by atoms with E-state index in [-0.39, 0.29) is 0 Å². The Kier molecular flexibility index (Phi) is 4.24. The minimum absolute atomic E-state index is 0.400. The Morgan fingerprint density at radius 3 is 2.16 bits per heavy atom. The highest BCUT2D eigenvalue weighted by atomic mass is 32.2. The third kappa shape index (κ3) is 3.16. The number of benzene rings is 2. The SMILES string of the molecule is Cc1ccc(C(C(=O)c2ccccc2)S(=O)[O-])cc1. The van der Waals surface area contributed by atoms with Crippen molar-refractivity contribution in [2.45, 2.75) is 12.2 Å². The average molecular weight is 273 g/mol. The first-order chi connectivity index (χ1) is 9.09. The maximum atomic E-state index is 12.3. The number of ketones is 1. The monoisotopic (exact) mass is 273 g/mol. The zero-order valence-electron chi connectivity index (χ0n) is 10.4. The van der Waals surface area contributed by atoms with Crippen molar-refractivity contribution in [3.05, 3.63) is 71.3 Å². The number of carbonyl (C=O) groups is 1. The molecular formula is C15H13O3S-. The van der Waals surface area contributed by atoms with Crippen LogP contribution in [0.3, 0.4) is 0 Å². The quantitative estimate of drug-likeness (QED) is 0.635. The van der Waals surface area contributed by atoms with Crippen LogP contribution in [0.25, 0.3) is 0 Å². The molecule has 0 aromatic heterocycles. The largest absolute Gasteiger partial charge is 0.772 e. The van der Waals surface area contributed by atoms with E-state index in [1.807, 2.05) is 6.92 Å². The summed E-state index contributed by atoms with van der Waals surface area (Å²) in [7, 11) is 0. The molecule has 19 heavy (non-hydrogen) atoms. The van der Waals surface area contributed by atoms with Crippen LogP contribution in [0.1, 0.15) is 26.7 Å². The van der Waals surface area contributed by atoms with Gasteiger partial charge in [0.2, 0.25) is 0 Å². The molecule has 0 fully saturated rings. The molecule has 0 saturated carbocycles. The lowest BCUT2D eigenvalue weighted by Crippen LogP contribution is -2.17. The van der Waals surface area contributed by atoms with Crippen LogP contribution in [-0.2, 0) is 11.1 Å². The molecule has 0 aliphatic rings. The van der Waals surface area contributed by atoms with Crippen LogP contribution < -0.4 is 0 Å². The molecule has 2 atom stereocenters. The van der Waals surface area contributed by atoms with E-state index in [2.05, 4.69) is 0 Å². The van der Waals surface area contributed by atoms with Gasteiger partial charge in [0.1, 0.15) is 5.25 Å². The summed E-state index contributed by atoms with van der Waals surface area (Å²) >= 11 is -2.49. The Morgan fingerprint density at radius 2 is 1.63 bits per heavy atom. The number of carbonyl (C=O) groups excluding carboxylic acids is 1. The lowest BCUT2D eigenvalue weighted by molar-refractivity contribution is 0.0986. The fraction of sp³-hybridized carbons (Fsp3) is 0.133. The van der Waals surface area contributed by atoms with Gasteiger partial charge in [-0.1, -0.05) is 60.2 Å². The summed E-state index contributed by atoms with van der Waals surface area (Å²) in [5, 5.41) is -1.15. The maximum Gasteiger partial charge on any atom is 0.181 e. The molecule has 0 aliphatic heterocycles. The van der Waals surface area contributed by atoms with Crippen molar-refractivity contribution in [3.63, 3.8) is 0 Å². The van der Waals surface area contributed by atoms with E-state index in [9.17, 15) is 13.6 Å². The molecule has 0 saturated heterocycles. The van der Waals surface area contributed by atoms with Crippen molar-refractivity contribution < 1.29 is 13.6 Å². The molecule has 0 radical (unpaired) electrons. The van der Waals surface area contributed by atoms with Gasteiger partial charge in [-0.15, -0.1) is 0 Å². The predicted molar refractivity (Wildman–Crippen MR) is 73.6 cm³/mol. The van der Waals surface area contributed by atoms with Gasteiger partial charge < -0.3 is 4.55 Å². The van der Waals surface area contributed by atoms with E-state index < -0.39 is 22.1 Å². The van der Waals surface area contributed by atoms with Crippen LogP contribution in [0.5, 0.6) is 0 Å². The molecule has 0 heterocycles. The highest BCUT2D eigenvalue weighted by molar-refractivity contribution is 7.80. The molecule has 2 aromatic carbocycles. The second kappa shape index (κ2) is 5.91. The molecule has 2 aromatic rings. The van der Waals surface area contributed by atoms with Crippen LogP contribution in [0.15, 0.2) is 54.6 Å². The van der Waals surface area contributed by atoms with Gasteiger partial charge in [0.05, 0.1) is 0 Å². The summed E-state index contributed by atoms with van der Waals surface area (Å²) in [6.45, 7) is 1.91. The Balaban J connectivity index is 2.39. The maximum absolute atomic E-state index is 12.3. The third-order valence-corrected chi connectivity index (χ3v) is 3.74. The van der Waals surface area contributed by atoms with Crippen LogP contribution in [0, 0.1) is 6.92 Å². The van der Waals surface area contributed by atoms with E-state index in [0.29, 0.717) is 11.1 Å². The predicted octanol–water partition coefficient (Wildman–Crippen LogP) is 2.80. The molecule has 98 valence electrons. The Bertz CT molecular complexity index is 591. The van der Waals surface area contributed by atoms with Gasteiger partial charge in [0, 0.05) is 5.56 Å². The van der Waals surface area contributed by atoms with Gasteiger partial charge in [-0.3, -0.25) is 9.00 Å². The van der Waals surface area contributed by atoms with Crippen molar-refractivity contribution >= 4 is 16.9 Å². The lowest BCUT2D eigenvalue weighted by atomic mass is 10.0. The lowest BCUT2D eigenvalue weighted by Gasteiger charge is -2.19. The van der Waals surface area contributed by atoms with Gasteiger partial charge in [0.15, 0.2) is 5.78 Å². The van der Waals surface area contributed by atoms with Crippen molar-refractivity contribution in [1.29, 1.82) is 0 Å². The third-order valence-electron chi connectivity index (χ3n) is 2.87. The first-order valence-electron chi connectivity index (χ1n) is 5.83. The number of hydrogen-bond acceptors (Lipinski definition) is 3. The van der Waals surface area contributed by atoms with Gasteiger partial charge in [0.25, 0.3) is 0 Å². The topological polar surface area (TPSA) is 57.2 Å². The van der Waals surface area contributed by atoms with E-state index in [4.69, 9.17) is 0 Å². The van der Waals surface area contributed by atoms with Crippen LogP contribution in [0.4, 0.5) is 0 Å². The van der Waals surface area contributed by atoms with Crippen molar-refractivity contribution in [3.8, 4) is 0 Å². The molecule has 2 unspecified atom stereocenters. The first-order valence-corrected chi connectivity index (χ1v) is 6.97. The van der Waals surface area contributed by atoms with Crippen LogP contribution >= 0.6 is 0 Å². The Morgan fingerprint density at radius 1 is 1.05 bits per heavy atom. The van der Waals surface area contributed by atoms with Gasteiger partial charge >= 0.3 is 0 Å². The highest BCUT2D eigenvalue weighted by Gasteiger charge is 2.22. The summed E-state index contributed by atoms with van der Waals surface area (Å²) in [6.07, 6.45) is 0. The standard InChI is InChI=1S/C15H14O3S/c1-11-7-9-13(10-8-11)15(19(17)18)14(16)12-5-3-2-4-6-12/h2-10,15H,1H3,(H,17,18)/p-1. The fourth-order valence-electron chi connectivity index (χ4n) is 1.84. The molecule has 0 bridgehead atoms. The number of hydrogen-bond donors (Lipinski definition) is 0. The molecule has 0 amide bonds. The molecule has 0 spiro atoms. The van der Waals surface area contributed by atoms with Crippen molar-refractivity contribution in [1.82, 2.24) is 0 Å². The van der Waals surface area contributed by atoms with Crippen LogP contribution in [-0.4, -0.2) is 14.5 Å². The Labute approximate surface area is 114 Å². The first kappa shape index (κ1) is 13.6. The minimum atomic E-state index is -2.49. The molecule has 2 rings (SSSR count). The summed E-state index contributed by atoms with van der Waals surface area (Å²) in [4.78, 5) is 12.3. The summed E-state index contributed by atoms with van der Waals surface area (Å²) in [5.74, 6) is -0.405. The number of Topliss-reactive ketones (excluding diaryl/α,β-unsaturated/α-hetero) is 1. The zero-order chi connectivity index (χ0) is 13.8. The van der Waals surface area contributed by atoms with E-state index in [0.717, 1.165) is 5.56 Å². The van der Waals surface area contributed by atoms with Gasteiger partial charge in [-0.25, -0.2) is 0 Å². The smallest absolute Gasteiger partial charge is 0.181 e. The van der Waals surface area contributed by atoms with Crippen LogP contribution in [0.2, 0.25) is 0 Å². The molecule has 0 N–H and O–H groups in total. The fourth-order valence-corrected chi connectivity index (χ4v) is 2.54. The average Bonchev–Trinajstić information content (AvgIpc) is 2.42. The Hall–Kier alpha value is -1.78. The van der Waals surface area contributed by atoms with E-state index in [1.165, 1.54) is 0 Å². The zero-order valence-corrected chi connectivity index (χ0v) is 11.2. The molecular weight excluding hydrogens is 260 g/mol. The van der Waals surface area contributed by atoms with E-state index >= 15 is 0 Å². The summed E-state index contributed by atoms with van der Waals surface area (Å²) in [6, 6.07) is 15.4. The normalized spacial score (nSPS) is 13.8. The van der Waals surface area contributed by atoms with Gasteiger partial charge in [-0.05, 0) is 23.6 Å². The second-order valence-electron chi connectivity index (χ2n) is 4.28. The van der Waals surface area contributed by atoms with Crippen molar-refractivity contribution in [2.24, 2.45) is 0 Å². The molecule has 0 aliphatic carbocycles. The van der Waals surface area contributed by atoms with Gasteiger partial charge in [-0.2, -0.15) is 0 Å². The van der Waals surface area contributed by atoms with E-state index in [1.54, 1.807) is 54.6 Å². The second-order valence-corrected chi connectivity index (χ2v) is 5.27. The summed E-state index contributed by atoms with van der Waals surface area (Å²) in [5.41, 5.74) is 1.91. The number of rotatable bonds is 4. The summed E-state index contributed by atoms with van der Waals surface area (Å²) < 4.78 is 22.8. The highest BCUT2D eigenvalue weighted by Crippen LogP contribution is 2.24. The molecule has 3 nitrogen and oxygen atoms in total. The number of aryl methyl sites for hydroxylation is 1.